The molecule has 0 fully saturated rings. The first-order valence-electron chi connectivity index (χ1n) is 10.4. The molecule has 0 saturated carbocycles. The molecule has 0 aliphatic heterocycles. The second kappa shape index (κ2) is 8.03. The first-order valence-corrected chi connectivity index (χ1v) is 10.4. The van der Waals surface area contributed by atoms with Crippen LogP contribution >= 0.6 is 0 Å². The van der Waals surface area contributed by atoms with Crippen molar-refractivity contribution in [1.29, 1.82) is 0 Å². The number of fused-ring (bicyclic) bond motifs is 1. The average molecular weight is 433 g/mol. The smallest absolute Gasteiger partial charge is 0.272 e. The number of imidazole rings is 1. The van der Waals surface area contributed by atoms with Gasteiger partial charge < -0.3 is 9.88 Å². The van der Waals surface area contributed by atoms with Gasteiger partial charge in [0.1, 0.15) is 23.5 Å². The molecule has 1 N–H and O–H groups in total. The van der Waals surface area contributed by atoms with Crippen LogP contribution in [-0.2, 0) is 19.9 Å². The van der Waals surface area contributed by atoms with Crippen LogP contribution in [0.25, 0.3) is 5.69 Å². The molecule has 8 heteroatoms. The van der Waals surface area contributed by atoms with Gasteiger partial charge >= 0.3 is 0 Å². The summed E-state index contributed by atoms with van der Waals surface area (Å²) in [5.74, 6) is -0.499. The van der Waals surface area contributed by atoms with E-state index in [1.165, 1.54) is 24.3 Å². The van der Waals surface area contributed by atoms with E-state index in [1.54, 1.807) is 45.9 Å². The summed E-state index contributed by atoms with van der Waals surface area (Å²) in [6, 6.07) is 11.5. The van der Waals surface area contributed by atoms with E-state index in [9.17, 15) is 13.6 Å². The second-order valence-corrected chi connectivity index (χ2v) is 7.87. The summed E-state index contributed by atoms with van der Waals surface area (Å²) in [5, 5.41) is 7.58. The number of halogens is 2. The Kier molecular flexibility index (Phi) is 5.05. The van der Waals surface area contributed by atoms with Gasteiger partial charge in [-0.25, -0.2) is 18.4 Å². The molecule has 6 nitrogen and oxygen atoms in total. The van der Waals surface area contributed by atoms with Gasteiger partial charge in [0, 0.05) is 30.7 Å². The van der Waals surface area contributed by atoms with E-state index in [4.69, 9.17) is 0 Å². The van der Waals surface area contributed by atoms with Crippen LogP contribution in [0.3, 0.4) is 0 Å². The highest BCUT2D eigenvalue weighted by Gasteiger charge is 2.29. The summed E-state index contributed by atoms with van der Waals surface area (Å²) in [6.45, 7) is 0. The molecule has 32 heavy (non-hydrogen) atoms. The van der Waals surface area contributed by atoms with Crippen molar-refractivity contribution >= 4 is 5.91 Å². The van der Waals surface area contributed by atoms with Gasteiger partial charge in [-0.05, 0) is 61.2 Å². The lowest BCUT2D eigenvalue weighted by Crippen LogP contribution is -2.32. The standard InChI is InChI=1S/C24H21F2N5O/c1-30-13-12-27-23(30)21(15-4-2-5-17(26)14-15)28-24(32)22-19-6-3-7-20(19)31(29-22)18-10-8-16(25)9-11-18/h2,4-5,8-14,21H,3,6-7H2,1H3,(H,28,32). The fourth-order valence-corrected chi connectivity index (χ4v) is 4.25. The zero-order valence-corrected chi connectivity index (χ0v) is 17.4. The molecule has 5 rings (SSSR count). The monoisotopic (exact) mass is 433 g/mol. The molecule has 0 bridgehead atoms. The highest BCUT2D eigenvalue weighted by Crippen LogP contribution is 2.29. The van der Waals surface area contributed by atoms with Crippen molar-refractivity contribution in [3.63, 3.8) is 0 Å². The second-order valence-electron chi connectivity index (χ2n) is 7.87. The zero-order chi connectivity index (χ0) is 22.2. The van der Waals surface area contributed by atoms with Gasteiger partial charge in [0.05, 0.1) is 5.69 Å². The summed E-state index contributed by atoms with van der Waals surface area (Å²) in [5.41, 5.74) is 3.47. The van der Waals surface area contributed by atoms with Gasteiger partial charge in [-0.3, -0.25) is 4.79 Å². The molecule has 2 heterocycles. The third-order valence-electron chi connectivity index (χ3n) is 5.79. The Hall–Kier alpha value is -3.81. The minimum absolute atomic E-state index is 0.330. The van der Waals surface area contributed by atoms with Crippen molar-refractivity contribution in [2.75, 3.05) is 0 Å². The van der Waals surface area contributed by atoms with Crippen molar-refractivity contribution in [2.45, 2.75) is 25.3 Å². The lowest BCUT2D eigenvalue weighted by molar-refractivity contribution is 0.0934. The number of nitrogens with one attached hydrogen (secondary N) is 1. The summed E-state index contributed by atoms with van der Waals surface area (Å²) in [4.78, 5) is 17.8. The maximum absolute atomic E-state index is 13.9. The molecule has 2 aromatic carbocycles. The van der Waals surface area contributed by atoms with Crippen LogP contribution in [0.2, 0.25) is 0 Å². The Labute approximate surface area is 183 Å². The molecule has 1 aliphatic carbocycles. The Morgan fingerprint density at radius 2 is 1.91 bits per heavy atom. The number of hydrogen-bond acceptors (Lipinski definition) is 3. The van der Waals surface area contributed by atoms with Crippen LogP contribution < -0.4 is 5.32 Å². The number of aryl methyl sites for hydroxylation is 1. The maximum atomic E-state index is 13.9. The largest absolute Gasteiger partial charge is 0.337 e. The molecular formula is C24H21F2N5O. The van der Waals surface area contributed by atoms with E-state index in [1.807, 2.05) is 7.05 Å². The molecule has 2 aromatic heterocycles. The first kappa shape index (κ1) is 20.1. The molecule has 1 unspecified atom stereocenters. The molecular weight excluding hydrogens is 412 g/mol. The Balaban J connectivity index is 1.53. The maximum Gasteiger partial charge on any atom is 0.272 e. The van der Waals surface area contributed by atoms with Crippen molar-refractivity contribution in [3.8, 4) is 5.69 Å². The van der Waals surface area contributed by atoms with Crippen LogP contribution in [-0.4, -0.2) is 25.2 Å². The van der Waals surface area contributed by atoms with E-state index in [0.29, 0.717) is 22.8 Å². The molecule has 4 aromatic rings. The van der Waals surface area contributed by atoms with E-state index < -0.39 is 11.9 Å². The number of carbonyl (C=O) groups is 1. The normalized spacial score (nSPS) is 13.7. The van der Waals surface area contributed by atoms with Crippen molar-refractivity contribution < 1.29 is 13.6 Å². The predicted molar refractivity (Wildman–Crippen MR) is 114 cm³/mol. The molecule has 0 spiro atoms. The van der Waals surface area contributed by atoms with Crippen LogP contribution in [0.5, 0.6) is 0 Å². The summed E-state index contributed by atoms with van der Waals surface area (Å²) in [6.07, 6.45) is 5.86. The number of carbonyl (C=O) groups excluding carboxylic acids is 1. The van der Waals surface area contributed by atoms with Gasteiger partial charge in [0.25, 0.3) is 5.91 Å². The molecule has 0 radical (unpaired) electrons. The van der Waals surface area contributed by atoms with E-state index in [0.717, 1.165) is 30.5 Å². The number of hydrogen-bond donors (Lipinski definition) is 1. The number of aromatic nitrogens is 4. The van der Waals surface area contributed by atoms with E-state index in [2.05, 4.69) is 15.4 Å². The third kappa shape index (κ3) is 3.57. The number of amides is 1. The fraction of sp³-hybridized carbons (Fsp3) is 0.208. The van der Waals surface area contributed by atoms with Crippen molar-refractivity contribution in [2.24, 2.45) is 7.05 Å². The number of nitrogens with zero attached hydrogens (tertiary/aromatic N) is 4. The van der Waals surface area contributed by atoms with Gasteiger partial charge in [0.15, 0.2) is 5.69 Å². The van der Waals surface area contributed by atoms with E-state index >= 15 is 0 Å². The van der Waals surface area contributed by atoms with Gasteiger partial charge in [-0.15, -0.1) is 0 Å². The van der Waals surface area contributed by atoms with Crippen LogP contribution in [0.4, 0.5) is 8.78 Å². The SMILES string of the molecule is Cn1ccnc1C(NC(=O)c1nn(-c2ccc(F)cc2)c2c1CCC2)c1cccc(F)c1. The summed E-state index contributed by atoms with van der Waals surface area (Å²) >= 11 is 0. The average Bonchev–Trinajstić information content (AvgIpc) is 3.49. The highest BCUT2D eigenvalue weighted by molar-refractivity contribution is 5.94. The number of benzene rings is 2. The van der Waals surface area contributed by atoms with Crippen molar-refractivity contribution in [3.05, 3.63) is 101 Å². The Morgan fingerprint density at radius 3 is 2.62 bits per heavy atom. The van der Waals surface area contributed by atoms with Gasteiger partial charge in [0.2, 0.25) is 0 Å². The van der Waals surface area contributed by atoms with Crippen molar-refractivity contribution in [1.82, 2.24) is 24.6 Å². The fourth-order valence-electron chi connectivity index (χ4n) is 4.25. The molecule has 1 aliphatic rings. The molecule has 1 atom stereocenters. The lowest BCUT2D eigenvalue weighted by atomic mass is 10.1. The molecule has 162 valence electrons. The Morgan fingerprint density at radius 1 is 1.09 bits per heavy atom. The highest BCUT2D eigenvalue weighted by atomic mass is 19.1. The third-order valence-corrected chi connectivity index (χ3v) is 5.79. The van der Waals surface area contributed by atoms with E-state index in [-0.39, 0.29) is 11.7 Å². The lowest BCUT2D eigenvalue weighted by Gasteiger charge is -2.19. The Bertz CT molecular complexity index is 1290. The van der Waals surface area contributed by atoms with Crippen LogP contribution in [0.15, 0.2) is 60.9 Å². The zero-order valence-electron chi connectivity index (χ0n) is 17.4. The minimum atomic E-state index is -0.647. The summed E-state index contributed by atoms with van der Waals surface area (Å²) < 4.78 is 30.8. The van der Waals surface area contributed by atoms with Gasteiger partial charge in [-0.1, -0.05) is 12.1 Å². The summed E-state index contributed by atoms with van der Waals surface area (Å²) in [7, 11) is 1.82. The first-order chi connectivity index (χ1) is 15.5. The van der Waals surface area contributed by atoms with Crippen LogP contribution in [0.1, 0.15) is 45.6 Å². The molecule has 1 amide bonds. The predicted octanol–water partition coefficient (Wildman–Crippen LogP) is 3.89. The molecule has 0 saturated heterocycles. The minimum Gasteiger partial charge on any atom is -0.337 e. The quantitative estimate of drug-likeness (QED) is 0.519. The number of rotatable bonds is 5. The van der Waals surface area contributed by atoms with Gasteiger partial charge in [-0.2, -0.15) is 5.10 Å². The topological polar surface area (TPSA) is 64.7 Å². The van der Waals surface area contributed by atoms with Crippen LogP contribution in [0, 0.1) is 11.6 Å².